The van der Waals surface area contributed by atoms with Gasteiger partial charge in [0, 0.05) is 24.1 Å². The van der Waals surface area contributed by atoms with Gasteiger partial charge in [0.05, 0.1) is 16.8 Å². The Morgan fingerprint density at radius 1 is 1.04 bits per heavy atom. The fourth-order valence-corrected chi connectivity index (χ4v) is 4.38. The average molecular weight is 364 g/mol. The van der Waals surface area contributed by atoms with Crippen LogP contribution < -0.4 is 0 Å². The van der Waals surface area contributed by atoms with Crippen LogP contribution >= 0.6 is 0 Å². The van der Waals surface area contributed by atoms with Crippen molar-refractivity contribution in [3.8, 4) is 0 Å². The molecule has 0 spiro atoms. The minimum Gasteiger partial charge on any atom is -0.282 e. The first-order valence-corrected chi connectivity index (χ1v) is 9.08. The summed E-state index contributed by atoms with van der Waals surface area (Å²) in [7, 11) is 0. The van der Waals surface area contributed by atoms with E-state index >= 15 is 0 Å². The van der Waals surface area contributed by atoms with E-state index in [1.165, 1.54) is 22.6 Å². The predicted molar refractivity (Wildman–Crippen MR) is 98.9 cm³/mol. The molecule has 6 heteroatoms. The zero-order valence-corrected chi connectivity index (χ0v) is 15.0. The number of non-ortho nitro benzene ring substituents is 1. The van der Waals surface area contributed by atoms with E-state index in [1.807, 2.05) is 37.3 Å². The van der Waals surface area contributed by atoms with Crippen molar-refractivity contribution in [1.29, 1.82) is 0 Å². The quantitative estimate of drug-likeness (QED) is 0.448. The standard InChI is InChI=1S/C21H20N2O4/c1-21(15-10-5-11-16(13-15)23(26)27)17-18(21)20(25)22(19(17)24)12-6-9-14-7-3-2-4-8-14/h2-5,7-8,10-11,13,17-18H,6,9,12H2,1H3. The number of nitro benzene ring substituents is 1. The van der Waals surface area contributed by atoms with Crippen molar-refractivity contribution in [1.82, 2.24) is 4.90 Å². The average Bonchev–Trinajstić information content (AvgIpc) is 3.23. The second-order valence-corrected chi connectivity index (χ2v) is 7.46. The molecule has 1 saturated heterocycles. The number of amides is 2. The number of carbonyl (C=O) groups excluding carboxylic acids is 2. The Kier molecular flexibility index (Phi) is 4.06. The largest absolute Gasteiger partial charge is 0.282 e. The SMILES string of the molecule is CC1(c2cccc([N+](=O)[O-])c2)C2C(=O)N(CCCc3ccccc3)C(=O)C21. The molecule has 0 bridgehead atoms. The highest BCUT2D eigenvalue weighted by Gasteiger charge is 2.75. The third-order valence-electron chi connectivity index (χ3n) is 5.95. The van der Waals surface area contributed by atoms with Gasteiger partial charge in [-0.3, -0.25) is 24.6 Å². The van der Waals surface area contributed by atoms with Crippen LogP contribution in [0.1, 0.15) is 24.5 Å². The highest BCUT2D eigenvalue weighted by atomic mass is 16.6. The summed E-state index contributed by atoms with van der Waals surface area (Å²) in [5, 5.41) is 11.0. The van der Waals surface area contributed by atoms with Gasteiger partial charge in [-0.2, -0.15) is 0 Å². The van der Waals surface area contributed by atoms with E-state index in [4.69, 9.17) is 0 Å². The number of aryl methyl sites for hydroxylation is 1. The van der Waals surface area contributed by atoms with E-state index < -0.39 is 22.2 Å². The van der Waals surface area contributed by atoms with Crippen LogP contribution in [-0.2, 0) is 21.4 Å². The number of fused-ring (bicyclic) bond motifs is 1. The third kappa shape index (κ3) is 2.72. The summed E-state index contributed by atoms with van der Waals surface area (Å²) in [6.07, 6.45) is 1.55. The maximum absolute atomic E-state index is 12.8. The second kappa shape index (κ2) is 6.30. The van der Waals surface area contributed by atoms with Gasteiger partial charge < -0.3 is 0 Å². The summed E-state index contributed by atoms with van der Waals surface area (Å²) in [6, 6.07) is 16.3. The monoisotopic (exact) mass is 364 g/mol. The number of benzene rings is 2. The molecule has 2 fully saturated rings. The number of rotatable bonds is 6. The molecule has 138 valence electrons. The van der Waals surface area contributed by atoms with Crippen LogP contribution in [-0.4, -0.2) is 28.2 Å². The first kappa shape index (κ1) is 17.4. The van der Waals surface area contributed by atoms with Crippen LogP contribution in [0.2, 0.25) is 0 Å². The Balaban J connectivity index is 1.45. The minimum atomic E-state index is -0.629. The normalized spacial score (nSPS) is 26.2. The molecule has 0 aromatic heterocycles. The van der Waals surface area contributed by atoms with Gasteiger partial charge in [0.25, 0.3) is 5.69 Å². The number of hydrogen-bond donors (Lipinski definition) is 0. The Bertz CT molecular complexity index is 903. The van der Waals surface area contributed by atoms with Crippen molar-refractivity contribution in [3.05, 3.63) is 75.8 Å². The second-order valence-electron chi connectivity index (χ2n) is 7.46. The van der Waals surface area contributed by atoms with E-state index in [2.05, 4.69) is 0 Å². The van der Waals surface area contributed by atoms with Crippen molar-refractivity contribution in [2.75, 3.05) is 6.54 Å². The Labute approximate surface area is 156 Å². The van der Waals surface area contributed by atoms with Crippen LogP contribution in [0.5, 0.6) is 0 Å². The molecule has 1 heterocycles. The van der Waals surface area contributed by atoms with Gasteiger partial charge in [-0.25, -0.2) is 0 Å². The number of hydrogen-bond acceptors (Lipinski definition) is 4. The van der Waals surface area contributed by atoms with Gasteiger partial charge in [0.2, 0.25) is 11.8 Å². The summed E-state index contributed by atoms with van der Waals surface area (Å²) in [5.74, 6) is -1.09. The van der Waals surface area contributed by atoms with E-state index in [-0.39, 0.29) is 17.5 Å². The predicted octanol–water partition coefficient (Wildman–Crippen LogP) is 3.10. The van der Waals surface area contributed by atoms with Crippen molar-refractivity contribution in [3.63, 3.8) is 0 Å². The lowest BCUT2D eigenvalue weighted by Crippen LogP contribution is -2.38. The number of imide groups is 1. The zero-order chi connectivity index (χ0) is 19.2. The first-order chi connectivity index (χ1) is 12.9. The van der Waals surface area contributed by atoms with E-state index in [0.29, 0.717) is 12.1 Å². The first-order valence-electron chi connectivity index (χ1n) is 9.08. The third-order valence-corrected chi connectivity index (χ3v) is 5.95. The molecule has 6 nitrogen and oxygen atoms in total. The highest BCUT2D eigenvalue weighted by Crippen LogP contribution is 2.64. The molecule has 0 N–H and O–H groups in total. The molecule has 4 rings (SSSR count). The van der Waals surface area contributed by atoms with Gasteiger partial charge in [0.1, 0.15) is 0 Å². The number of nitrogens with zero attached hydrogens (tertiary/aromatic N) is 2. The fourth-order valence-electron chi connectivity index (χ4n) is 4.38. The molecule has 1 aliphatic carbocycles. The Morgan fingerprint density at radius 2 is 1.70 bits per heavy atom. The molecule has 1 saturated carbocycles. The Morgan fingerprint density at radius 3 is 2.33 bits per heavy atom. The van der Waals surface area contributed by atoms with Gasteiger partial charge >= 0.3 is 0 Å². The molecular formula is C21H20N2O4. The van der Waals surface area contributed by atoms with E-state index in [0.717, 1.165) is 12.8 Å². The fraction of sp³-hybridized carbons (Fsp3) is 0.333. The number of piperidine rings is 1. The maximum atomic E-state index is 12.8. The van der Waals surface area contributed by atoms with Gasteiger partial charge in [0.15, 0.2) is 0 Å². The van der Waals surface area contributed by atoms with E-state index in [9.17, 15) is 19.7 Å². The van der Waals surface area contributed by atoms with Crippen molar-refractivity contribution >= 4 is 17.5 Å². The molecular weight excluding hydrogens is 344 g/mol. The van der Waals surface area contributed by atoms with Crippen LogP contribution in [0.4, 0.5) is 5.69 Å². The molecule has 27 heavy (non-hydrogen) atoms. The van der Waals surface area contributed by atoms with Gasteiger partial charge in [-0.05, 0) is 24.0 Å². The van der Waals surface area contributed by atoms with Crippen molar-refractivity contribution in [2.24, 2.45) is 11.8 Å². The molecule has 1 aliphatic heterocycles. The van der Waals surface area contributed by atoms with Crippen molar-refractivity contribution < 1.29 is 14.5 Å². The van der Waals surface area contributed by atoms with Crippen LogP contribution in [0.3, 0.4) is 0 Å². The van der Waals surface area contributed by atoms with Gasteiger partial charge in [-0.1, -0.05) is 49.4 Å². The van der Waals surface area contributed by atoms with E-state index in [1.54, 1.807) is 12.1 Å². The zero-order valence-electron chi connectivity index (χ0n) is 15.0. The molecule has 2 aromatic carbocycles. The van der Waals surface area contributed by atoms with Crippen LogP contribution in [0.25, 0.3) is 0 Å². The number of carbonyl (C=O) groups is 2. The minimum absolute atomic E-state index is 0.0155. The lowest BCUT2D eigenvalue weighted by Gasteiger charge is -2.23. The molecule has 2 amide bonds. The highest BCUT2D eigenvalue weighted by molar-refractivity contribution is 6.11. The number of nitro groups is 1. The Hall–Kier alpha value is -3.02. The van der Waals surface area contributed by atoms with Crippen LogP contribution in [0, 0.1) is 22.0 Å². The number of likely N-dealkylation sites (tertiary alicyclic amines) is 1. The smallest absolute Gasteiger partial charge is 0.269 e. The molecule has 2 aromatic rings. The lowest BCUT2D eigenvalue weighted by molar-refractivity contribution is -0.384. The summed E-state index contributed by atoms with van der Waals surface area (Å²) >= 11 is 0. The lowest BCUT2D eigenvalue weighted by atomic mass is 9.91. The maximum Gasteiger partial charge on any atom is 0.269 e. The topological polar surface area (TPSA) is 80.5 Å². The summed E-state index contributed by atoms with van der Waals surface area (Å²) in [4.78, 5) is 37.5. The molecule has 2 atom stereocenters. The summed E-state index contributed by atoms with van der Waals surface area (Å²) in [5.41, 5.74) is 1.23. The van der Waals surface area contributed by atoms with Crippen LogP contribution in [0.15, 0.2) is 54.6 Å². The summed E-state index contributed by atoms with van der Waals surface area (Å²) < 4.78 is 0. The molecule has 2 unspecified atom stereocenters. The molecule has 2 aliphatic rings. The van der Waals surface area contributed by atoms with Crippen molar-refractivity contribution in [2.45, 2.75) is 25.2 Å². The molecule has 0 radical (unpaired) electrons. The summed E-state index contributed by atoms with van der Waals surface area (Å²) in [6.45, 7) is 2.28. The van der Waals surface area contributed by atoms with Gasteiger partial charge in [-0.15, -0.1) is 0 Å².